The topological polar surface area (TPSA) is 543 Å². The van der Waals surface area contributed by atoms with Gasteiger partial charge in [-0.05, 0) is 169 Å². The average Bonchev–Trinajstić information content (AvgIpc) is 1.62. The highest BCUT2D eigenvalue weighted by Crippen LogP contribution is 2.45. The summed E-state index contributed by atoms with van der Waals surface area (Å²) < 4.78 is 34.3. The van der Waals surface area contributed by atoms with Gasteiger partial charge in [-0.15, -0.1) is 79.1 Å². The quantitative estimate of drug-likeness (QED) is 0.0201. The molecule has 676 valence electrons. The summed E-state index contributed by atoms with van der Waals surface area (Å²) in [5.41, 5.74) is -6.12. The second kappa shape index (κ2) is 43.6. The minimum absolute atomic E-state index is 0.0740. The maximum atomic E-state index is 12.2. The highest BCUT2D eigenvalue weighted by Gasteiger charge is 2.54. The van der Waals surface area contributed by atoms with E-state index in [9.17, 15) is 99.0 Å². The maximum Gasteiger partial charge on any atom is 0.330 e. The van der Waals surface area contributed by atoms with E-state index in [0.717, 1.165) is 61.9 Å². The molecule has 5 aliphatic heterocycles. The summed E-state index contributed by atoms with van der Waals surface area (Å²) in [5, 5.41) is 112. The number of aliphatic hydroxyl groups is 11. The number of rotatable bonds is 30. The zero-order valence-corrected chi connectivity index (χ0v) is 75.3. The number of H-pyrrole nitrogens is 5. The second-order valence-electron chi connectivity index (χ2n) is 34.8. The molecule has 20 atom stereocenters. The Balaban J connectivity index is 0.000000233. The zero-order valence-electron chi connectivity index (χ0n) is 70.8. The minimum atomic E-state index is -1.63. The number of unbranched alkanes of at least 4 members (excludes halogenated alkanes) is 1. The summed E-state index contributed by atoms with van der Waals surface area (Å²) in [6.07, 6.45) is 22.3. The molecule has 0 amide bonds. The van der Waals surface area contributed by atoms with Crippen molar-refractivity contribution >= 4 is 65.9 Å². The lowest BCUT2D eigenvalue weighted by Crippen LogP contribution is -2.46. The summed E-state index contributed by atoms with van der Waals surface area (Å²) in [5.74, 6) is 0. The first kappa shape index (κ1) is 103. The number of aliphatic hydroxyl groups excluding tert-OH is 10. The molecule has 10 heterocycles. The lowest BCUT2D eigenvalue weighted by atomic mass is 9.95. The van der Waals surface area contributed by atoms with E-state index in [1.165, 1.54) is 48.5 Å². The van der Waals surface area contributed by atoms with Crippen LogP contribution in [0.1, 0.15) is 119 Å². The lowest BCUT2D eigenvalue weighted by Gasteiger charge is -2.27. The van der Waals surface area contributed by atoms with Crippen LogP contribution in [0.15, 0.2) is 110 Å². The average molecular weight is 1790 g/mol. The summed E-state index contributed by atoms with van der Waals surface area (Å²) in [7, 11) is 0. The molecule has 16 N–H and O–H groups in total. The van der Waals surface area contributed by atoms with Crippen molar-refractivity contribution in [3.8, 4) is 0 Å². The van der Waals surface area contributed by atoms with Crippen LogP contribution in [-0.2, 0) is 49.4 Å². The highest BCUT2D eigenvalue weighted by atomic mass is 31.2. The summed E-state index contributed by atoms with van der Waals surface area (Å²) >= 11 is 0. The molecule has 120 heavy (non-hydrogen) atoms. The van der Waals surface area contributed by atoms with Crippen molar-refractivity contribution in [2.75, 3.05) is 104 Å². The number of nitrogens with one attached hydrogen (secondary N) is 5. The van der Waals surface area contributed by atoms with E-state index in [4.69, 9.17) is 28.8 Å². The Morgan fingerprint density at radius 2 is 0.700 bits per heavy atom. The maximum absolute atomic E-state index is 12.2. The van der Waals surface area contributed by atoms with E-state index in [2.05, 4.69) is 136 Å². The summed E-state index contributed by atoms with van der Waals surface area (Å²) in [4.78, 5) is 130. The Bertz CT molecular complexity index is 5200. The Morgan fingerprint density at radius 3 is 0.992 bits per heavy atom. The van der Waals surface area contributed by atoms with Gasteiger partial charge in [-0.1, -0.05) is 25.5 Å². The van der Waals surface area contributed by atoms with E-state index in [0.29, 0.717) is 68.1 Å². The van der Waals surface area contributed by atoms with Crippen molar-refractivity contribution in [1.82, 2.24) is 47.8 Å². The standard InChI is InChI=1S/C17H29N2O5P.C17H27N2O5P.C16H25N2O5P.C15H25N2O6P.C14H23N2O5P/c2*1-5-6-7-11-10-19(17(23)18-15(11)22)16-14(21)13(20)12(24-16)8-9-25(2,3)4;1-5-6-10-9-18(16(22)17-14(10)21)15-13(20)12(19)11(23-15)7-8-24(2,3)4;1-24(2,3)7-5-10-11(19)12(20)14(23-10)17-8-9(4-6-18)13(21)16-15(17)22;1-14(20)11(18)9(6-8-22(2,3)4)21-12(14)16-7-5-10(17)15-13(16)19/h10,12-14,16,20-21H,2,5-9H2,1,3-4H3,(H,18,22,23);5,10,12-14,16,20-21H,1-2,6-9H2,3-4H3,(H,18,22,23);5,9,11-13,15,19-20H,1-2,6-8H2,3-4H3,(H,17,21,22);8,10-12,14,18-20H,1,4-7H2,2-3H3,(H,16,21,22);5,7,9,11-12,18,20H,2,6,8H2,1,3-4H3,(H,15,17,19)/t2*12-,13-,14-,16?;11-,12-,13-,15?;10-,11-,12-,14?;9-,11-,12?,14-/m11111/s1. The third-order valence-electron chi connectivity index (χ3n) is 20.7. The van der Waals surface area contributed by atoms with Crippen LogP contribution >= 0.6 is 34.4 Å². The first-order valence-electron chi connectivity index (χ1n) is 39.6. The van der Waals surface area contributed by atoms with Crippen molar-refractivity contribution in [1.29, 1.82) is 0 Å². The molecule has 0 spiro atoms. The molecule has 0 aliphatic carbocycles. The van der Waals surface area contributed by atoms with E-state index in [1.54, 1.807) is 12.2 Å². The summed E-state index contributed by atoms with van der Waals surface area (Å²) in [6.45, 7) is 24.7. The van der Waals surface area contributed by atoms with Gasteiger partial charge in [0.25, 0.3) is 27.8 Å². The molecular formula is C79H129N10O26P5. The second-order valence-corrected chi connectivity index (χ2v) is 56.4. The smallest absolute Gasteiger partial charge is 0.330 e. The van der Waals surface area contributed by atoms with Crippen LogP contribution in [0, 0.1) is 0 Å². The number of aryl methyl sites for hydroxylation is 2. The van der Waals surface area contributed by atoms with Gasteiger partial charge in [0.15, 0.2) is 31.1 Å². The van der Waals surface area contributed by atoms with Crippen molar-refractivity contribution in [2.45, 2.75) is 213 Å². The van der Waals surface area contributed by atoms with Crippen molar-refractivity contribution in [2.24, 2.45) is 0 Å². The fraction of sp³-hybridized carbons (Fsp3) is 0.633. The van der Waals surface area contributed by atoms with Gasteiger partial charge < -0.3 is 79.9 Å². The largest absolute Gasteiger partial charge is 0.396 e. The van der Waals surface area contributed by atoms with Gasteiger partial charge in [-0.25, -0.2) is 24.0 Å². The molecule has 0 saturated carbocycles. The van der Waals surface area contributed by atoms with E-state index in [-0.39, 0.29) is 25.0 Å². The molecule has 5 fully saturated rings. The molecular weight excluding hydrogens is 1660 g/mol. The Labute approximate surface area is 696 Å². The van der Waals surface area contributed by atoms with Gasteiger partial charge >= 0.3 is 28.4 Å². The van der Waals surface area contributed by atoms with Crippen LogP contribution in [0.3, 0.4) is 0 Å². The van der Waals surface area contributed by atoms with Crippen LogP contribution in [0.5, 0.6) is 0 Å². The summed E-state index contributed by atoms with van der Waals surface area (Å²) in [6, 6.07) is 1.17. The number of nitrogens with zero attached hydrogens (tertiary/aromatic N) is 5. The number of ether oxygens (including phenoxy) is 5. The van der Waals surface area contributed by atoms with Gasteiger partial charge in [-0.3, -0.25) is 71.7 Å². The number of allylic oxidation sites excluding steroid dienone is 2. The molecule has 5 aliphatic rings. The Hall–Kier alpha value is -6.26. The van der Waals surface area contributed by atoms with Crippen LogP contribution in [0.4, 0.5) is 0 Å². The fourth-order valence-corrected chi connectivity index (χ4v) is 18.5. The number of aromatic nitrogens is 10. The monoisotopic (exact) mass is 1790 g/mol. The molecule has 5 aromatic heterocycles. The van der Waals surface area contributed by atoms with E-state index in [1.807, 2.05) is 6.92 Å². The Morgan fingerprint density at radius 1 is 0.408 bits per heavy atom. The molecule has 36 nitrogen and oxygen atoms in total. The van der Waals surface area contributed by atoms with Crippen LogP contribution in [0.2, 0.25) is 0 Å². The van der Waals surface area contributed by atoms with Crippen molar-refractivity contribution in [3.63, 3.8) is 0 Å². The van der Waals surface area contributed by atoms with Crippen LogP contribution in [0.25, 0.3) is 0 Å². The van der Waals surface area contributed by atoms with Crippen LogP contribution < -0.4 is 56.2 Å². The molecule has 5 unspecified atom stereocenters. The Kier molecular flexibility index (Phi) is 37.2. The molecule has 0 aromatic carbocycles. The van der Waals surface area contributed by atoms with Gasteiger partial charge in [0, 0.05) is 72.3 Å². The molecule has 5 aromatic rings. The van der Waals surface area contributed by atoms with Crippen molar-refractivity contribution in [3.05, 3.63) is 189 Å². The highest BCUT2D eigenvalue weighted by molar-refractivity contribution is 7.73. The van der Waals surface area contributed by atoms with E-state index >= 15 is 0 Å². The number of hydrogen-bond donors (Lipinski definition) is 16. The molecule has 5 saturated heterocycles. The van der Waals surface area contributed by atoms with Crippen molar-refractivity contribution < 1.29 is 79.9 Å². The fourth-order valence-electron chi connectivity index (χ4n) is 13.7. The minimum Gasteiger partial charge on any atom is -0.396 e. The van der Waals surface area contributed by atoms with Crippen LogP contribution in [-0.4, -0.2) is 331 Å². The third kappa shape index (κ3) is 28.6. The van der Waals surface area contributed by atoms with Gasteiger partial charge in [0.2, 0.25) is 0 Å². The van der Waals surface area contributed by atoms with Gasteiger partial charge in [0.1, 0.15) is 60.5 Å². The predicted molar refractivity (Wildman–Crippen MR) is 480 cm³/mol. The first-order chi connectivity index (χ1) is 55.6. The predicted octanol–water partition coefficient (Wildman–Crippen LogP) is -0.610. The van der Waals surface area contributed by atoms with Gasteiger partial charge in [-0.2, -0.15) is 0 Å². The SMILES string of the molecule is C=CCCc1cn(C2O[C@H](CCP(=C)(C)C)[C@@H](O)[C@H]2O)c(=O)[nH]c1=O.C=CCc1cn(C2O[C@H](CCP(=C)(C)C)[C@@H](O)[C@H]2O)c(=O)[nH]c1=O.C=P(C)(C)CC[C@H]1OC(n2cc(CCCC)c(=O)[nH]c2=O)[C@H](O)[C@@H]1O.C=P(C)(C)CC[C@H]1OC(n2cc(CCO)c(=O)[nH]c2=O)[C@H](O)[C@@H]1O.C=P(C)(C)CC[C@H]1OC(n2ccc(=O)[nH]c2=O)[C@](C)(O)[C@@H]1O. The molecule has 0 radical (unpaired) electrons. The molecule has 41 heteroatoms. The zero-order chi connectivity index (χ0) is 90.4. The lowest BCUT2D eigenvalue weighted by molar-refractivity contribution is -0.0975. The number of hydrogen-bond acceptors (Lipinski definition) is 26. The molecule has 10 rings (SSSR count). The van der Waals surface area contributed by atoms with E-state index < -0.39 is 213 Å². The molecule has 0 bridgehead atoms. The van der Waals surface area contributed by atoms with Gasteiger partial charge in [0.05, 0.1) is 30.5 Å². The normalized spacial score (nSPS) is 28.1. The third-order valence-corrected chi connectivity index (χ3v) is 28.1. The first-order valence-corrected chi connectivity index (χ1v) is 54.8. The number of aromatic amines is 5.